The Kier molecular flexibility index (Phi) is 5.20. The molecular weight excluding hydrogens is 400 g/mol. The van der Waals surface area contributed by atoms with Gasteiger partial charge in [-0.15, -0.1) is 10.8 Å². The molecule has 0 spiro atoms. The van der Waals surface area contributed by atoms with Crippen molar-refractivity contribution >= 4 is 0 Å². The number of hydrogen-bond donors (Lipinski definition) is 2. The van der Waals surface area contributed by atoms with Crippen LogP contribution in [0.2, 0.25) is 0 Å². The monoisotopic (exact) mass is 424 g/mol. The summed E-state index contributed by atoms with van der Waals surface area (Å²) in [6.45, 7) is 6.34. The van der Waals surface area contributed by atoms with Gasteiger partial charge in [-0.05, 0) is 48.3 Å². The topological polar surface area (TPSA) is 94.7 Å². The summed E-state index contributed by atoms with van der Waals surface area (Å²) in [6, 6.07) is 4.04. The quantitative estimate of drug-likeness (QED) is 0.660. The molecule has 0 radical (unpaired) electrons. The molecule has 0 aromatic carbocycles. The van der Waals surface area contributed by atoms with Crippen molar-refractivity contribution in [2.24, 2.45) is 0 Å². The number of nitrogens with zero attached hydrogens (tertiary/aromatic N) is 6. The Labute approximate surface area is 186 Å². The predicted octanol–water partition coefficient (Wildman–Crippen LogP) is 2.51. The van der Waals surface area contributed by atoms with E-state index in [1.165, 1.54) is 16.7 Å². The maximum Gasteiger partial charge on any atom is 0.149 e. The zero-order chi connectivity index (χ0) is 22.1. The average molecular weight is 425 g/mol. The lowest BCUT2D eigenvalue weighted by atomic mass is 9.99. The zero-order valence-corrected chi connectivity index (χ0v) is 18.1. The van der Waals surface area contributed by atoms with Crippen LogP contribution in [0, 0.1) is 18.3 Å². The summed E-state index contributed by atoms with van der Waals surface area (Å²) in [5.74, 6) is 0. The van der Waals surface area contributed by atoms with Crippen LogP contribution in [-0.4, -0.2) is 44.1 Å². The molecule has 1 unspecified atom stereocenters. The molecule has 1 aliphatic carbocycles. The van der Waals surface area contributed by atoms with Gasteiger partial charge in [0.1, 0.15) is 23.6 Å². The highest BCUT2D eigenvalue weighted by Gasteiger charge is 2.23. The minimum Gasteiger partial charge on any atom is -0.362 e. The normalized spacial score (nSPS) is 18.7. The number of nitriles is 1. The Hall–Kier alpha value is -3.92. The highest BCUT2D eigenvalue weighted by molar-refractivity contribution is 5.64. The third-order valence-corrected chi connectivity index (χ3v) is 5.58. The predicted molar refractivity (Wildman–Crippen MR) is 120 cm³/mol. The van der Waals surface area contributed by atoms with E-state index in [-0.39, 0.29) is 6.17 Å². The molecule has 0 amide bonds. The van der Waals surface area contributed by atoms with Crippen molar-refractivity contribution in [1.29, 1.82) is 5.26 Å². The van der Waals surface area contributed by atoms with Gasteiger partial charge in [-0.1, -0.05) is 11.3 Å². The SMILES string of the molecule is CC1=C=C(CNCC2=CN3C=C(Cn4cc(-c5cc(C)cnc5C#N)nn4)NC3C=C2)C1. The van der Waals surface area contributed by atoms with Crippen molar-refractivity contribution in [3.63, 3.8) is 0 Å². The van der Waals surface area contributed by atoms with Crippen LogP contribution in [0.15, 0.2) is 71.2 Å². The zero-order valence-electron chi connectivity index (χ0n) is 18.1. The number of aromatic nitrogens is 4. The Morgan fingerprint density at radius 2 is 2.19 bits per heavy atom. The average Bonchev–Trinajstić information content (AvgIpc) is 3.38. The summed E-state index contributed by atoms with van der Waals surface area (Å²) in [4.78, 5) is 6.37. The van der Waals surface area contributed by atoms with Gasteiger partial charge in [-0.25, -0.2) is 9.67 Å². The van der Waals surface area contributed by atoms with Crippen molar-refractivity contribution < 1.29 is 0 Å². The van der Waals surface area contributed by atoms with Gasteiger partial charge in [0.05, 0.1) is 18.4 Å². The Morgan fingerprint density at radius 1 is 1.31 bits per heavy atom. The molecule has 160 valence electrons. The first-order chi connectivity index (χ1) is 15.6. The number of allylic oxidation sites excluding steroid dienone is 1. The molecule has 4 heterocycles. The van der Waals surface area contributed by atoms with Gasteiger partial charge in [-0.2, -0.15) is 5.26 Å². The molecule has 0 bridgehead atoms. The van der Waals surface area contributed by atoms with Gasteiger partial charge in [0, 0.05) is 43.7 Å². The number of fused-ring (bicyclic) bond motifs is 1. The second-order valence-corrected chi connectivity index (χ2v) is 8.37. The second kappa shape index (κ2) is 8.31. The fourth-order valence-corrected chi connectivity index (χ4v) is 4.06. The van der Waals surface area contributed by atoms with E-state index in [9.17, 15) is 5.26 Å². The van der Waals surface area contributed by atoms with E-state index in [4.69, 9.17) is 0 Å². The molecule has 2 N–H and O–H groups in total. The lowest BCUT2D eigenvalue weighted by molar-refractivity contribution is 0.416. The molecule has 0 saturated heterocycles. The smallest absolute Gasteiger partial charge is 0.149 e. The van der Waals surface area contributed by atoms with Crippen LogP contribution in [0.25, 0.3) is 11.3 Å². The van der Waals surface area contributed by atoms with Gasteiger partial charge in [0.25, 0.3) is 0 Å². The number of pyridine rings is 1. The molecule has 32 heavy (non-hydrogen) atoms. The number of hydrogen-bond acceptors (Lipinski definition) is 7. The molecule has 3 aliphatic rings. The summed E-state index contributed by atoms with van der Waals surface area (Å²) in [5.41, 5.74) is 11.0. The highest BCUT2D eigenvalue weighted by Crippen LogP contribution is 2.23. The van der Waals surface area contributed by atoms with Crippen LogP contribution in [0.5, 0.6) is 0 Å². The summed E-state index contributed by atoms with van der Waals surface area (Å²) in [6.07, 6.45) is 13.3. The van der Waals surface area contributed by atoms with Crippen molar-refractivity contribution in [3.8, 4) is 17.3 Å². The second-order valence-electron chi connectivity index (χ2n) is 8.37. The summed E-state index contributed by atoms with van der Waals surface area (Å²) < 4.78 is 1.77. The third-order valence-electron chi connectivity index (χ3n) is 5.58. The third kappa shape index (κ3) is 4.12. The minimum atomic E-state index is 0.114. The Bertz CT molecular complexity index is 1260. The van der Waals surface area contributed by atoms with Crippen molar-refractivity contribution in [2.45, 2.75) is 33.0 Å². The van der Waals surface area contributed by atoms with E-state index in [0.29, 0.717) is 23.5 Å². The molecule has 1 atom stereocenters. The number of nitrogens with one attached hydrogen (secondary N) is 2. The van der Waals surface area contributed by atoms with Crippen molar-refractivity contribution in [1.82, 2.24) is 35.5 Å². The molecule has 8 heteroatoms. The molecule has 2 aromatic rings. The molecule has 8 nitrogen and oxygen atoms in total. The maximum atomic E-state index is 9.34. The van der Waals surface area contributed by atoms with E-state index >= 15 is 0 Å². The van der Waals surface area contributed by atoms with Crippen LogP contribution < -0.4 is 10.6 Å². The fourth-order valence-electron chi connectivity index (χ4n) is 4.06. The van der Waals surface area contributed by atoms with E-state index in [1.807, 2.05) is 19.2 Å². The molecule has 0 saturated carbocycles. The molecule has 0 fully saturated rings. The lowest BCUT2D eigenvalue weighted by Crippen LogP contribution is -2.34. The van der Waals surface area contributed by atoms with Crippen LogP contribution >= 0.6 is 0 Å². The summed E-state index contributed by atoms with van der Waals surface area (Å²) in [7, 11) is 0. The van der Waals surface area contributed by atoms with Gasteiger partial charge in [0.2, 0.25) is 0 Å². The molecule has 5 rings (SSSR count). The van der Waals surface area contributed by atoms with Gasteiger partial charge >= 0.3 is 0 Å². The minimum absolute atomic E-state index is 0.114. The van der Waals surface area contributed by atoms with Crippen LogP contribution in [0.1, 0.15) is 24.6 Å². The van der Waals surface area contributed by atoms with Crippen LogP contribution in [0.3, 0.4) is 0 Å². The highest BCUT2D eigenvalue weighted by atomic mass is 15.4. The summed E-state index contributed by atoms with van der Waals surface area (Å²) in [5, 5.41) is 24.8. The van der Waals surface area contributed by atoms with Gasteiger partial charge in [-0.3, -0.25) is 0 Å². The summed E-state index contributed by atoms with van der Waals surface area (Å²) >= 11 is 0. The standard InChI is InChI=1S/C24H24N8/c1-16-5-19(6-16)11-26-10-18-3-4-24-28-20(13-31(24)12-18)14-32-15-23(29-30-32)21-7-17(2)9-27-22(21)8-25/h3-4,7,9,12-13,15,24,26,28H,5,10-11,14H2,1-2H3. The van der Waals surface area contributed by atoms with E-state index in [2.05, 4.69) is 74.1 Å². The van der Waals surface area contributed by atoms with E-state index < -0.39 is 0 Å². The van der Waals surface area contributed by atoms with Gasteiger partial charge in [0.15, 0.2) is 0 Å². The Balaban J connectivity index is 1.23. The molecule has 2 aliphatic heterocycles. The lowest BCUT2D eigenvalue weighted by Gasteiger charge is -2.24. The van der Waals surface area contributed by atoms with Crippen molar-refractivity contribution in [2.75, 3.05) is 13.1 Å². The van der Waals surface area contributed by atoms with E-state index in [0.717, 1.165) is 30.8 Å². The first-order valence-corrected chi connectivity index (χ1v) is 10.6. The first-order valence-electron chi connectivity index (χ1n) is 10.6. The fraction of sp³-hybridized carbons (Fsp3) is 0.292. The van der Waals surface area contributed by atoms with Crippen LogP contribution in [0.4, 0.5) is 0 Å². The molecular formula is C24H24N8. The maximum absolute atomic E-state index is 9.34. The largest absolute Gasteiger partial charge is 0.362 e. The van der Waals surface area contributed by atoms with Gasteiger partial charge < -0.3 is 15.5 Å². The molecule has 2 aromatic heterocycles. The first kappa shape index (κ1) is 20.0. The van der Waals surface area contributed by atoms with Crippen LogP contribution in [-0.2, 0) is 6.54 Å². The Morgan fingerprint density at radius 3 is 3.00 bits per heavy atom. The number of rotatable bonds is 7. The number of aryl methyl sites for hydroxylation is 1. The van der Waals surface area contributed by atoms with Crippen molar-refractivity contribution in [3.05, 3.63) is 82.4 Å². The van der Waals surface area contributed by atoms with E-state index in [1.54, 1.807) is 10.9 Å².